The second kappa shape index (κ2) is 3.93. The van der Waals surface area contributed by atoms with Gasteiger partial charge >= 0.3 is 0 Å². The Balaban J connectivity index is 2.79. The first-order valence-electron chi connectivity index (χ1n) is 4.71. The molecule has 0 aliphatic rings. The van der Waals surface area contributed by atoms with E-state index in [0.717, 1.165) is 5.56 Å². The van der Waals surface area contributed by atoms with Crippen molar-refractivity contribution in [2.24, 2.45) is 0 Å². The molecule has 2 heteroatoms. The van der Waals surface area contributed by atoms with E-state index in [9.17, 15) is 9.90 Å². The average Bonchev–Trinajstić information content (AvgIpc) is 2.02. The van der Waals surface area contributed by atoms with Gasteiger partial charge in [-0.15, -0.1) is 0 Å². The fraction of sp³-hybridized carbons (Fsp3) is 0.417. The lowest BCUT2D eigenvalue weighted by molar-refractivity contribution is 0.0810. The average molecular weight is 192 g/mol. The molecule has 0 aliphatic carbocycles. The van der Waals surface area contributed by atoms with Crippen molar-refractivity contribution in [3.8, 4) is 0 Å². The second-order valence-electron chi connectivity index (χ2n) is 4.24. The molecule has 0 fully saturated rings. The first-order valence-corrected chi connectivity index (χ1v) is 4.71. The molecule has 14 heavy (non-hydrogen) atoms. The summed E-state index contributed by atoms with van der Waals surface area (Å²) >= 11 is 0. The van der Waals surface area contributed by atoms with E-state index in [0.29, 0.717) is 12.0 Å². The van der Waals surface area contributed by atoms with Crippen molar-refractivity contribution in [3.05, 3.63) is 35.4 Å². The van der Waals surface area contributed by atoms with Gasteiger partial charge in [-0.1, -0.05) is 24.3 Å². The van der Waals surface area contributed by atoms with Crippen molar-refractivity contribution in [3.63, 3.8) is 0 Å². The highest BCUT2D eigenvalue weighted by Gasteiger charge is 2.13. The van der Waals surface area contributed by atoms with Crippen LogP contribution in [-0.2, 0) is 6.42 Å². The van der Waals surface area contributed by atoms with Gasteiger partial charge in [0.15, 0.2) is 5.78 Å². The normalized spacial score (nSPS) is 11.4. The molecule has 0 amide bonds. The van der Waals surface area contributed by atoms with E-state index >= 15 is 0 Å². The molecule has 0 aromatic heterocycles. The minimum atomic E-state index is -0.697. The molecule has 1 N–H and O–H groups in total. The van der Waals surface area contributed by atoms with Gasteiger partial charge in [-0.3, -0.25) is 4.79 Å². The van der Waals surface area contributed by atoms with Gasteiger partial charge in [0.05, 0.1) is 5.60 Å². The van der Waals surface area contributed by atoms with Crippen LogP contribution in [-0.4, -0.2) is 16.5 Å². The topological polar surface area (TPSA) is 37.3 Å². The third-order valence-corrected chi connectivity index (χ3v) is 2.00. The standard InChI is InChI=1S/C12H16O2/c1-9(13)11-6-4-10(5-7-11)8-12(2,3)14/h4-7,14H,8H2,1-3H3. The first-order chi connectivity index (χ1) is 6.38. The van der Waals surface area contributed by atoms with Crippen LogP contribution < -0.4 is 0 Å². The minimum Gasteiger partial charge on any atom is -0.390 e. The van der Waals surface area contributed by atoms with E-state index < -0.39 is 5.60 Å². The number of benzene rings is 1. The summed E-state index contributed by atoms with van der Waals surface area (Å²) in [4.78, 5) is 11.0. The van der Waals surface area contributed by atoms with Crippen molar-refractivity contribution >= 4 is 5.78 Å². The summed E-state index contributed by atoms with van der Waals surface area (Å²) in [7, 11) is 0. The molecule has 0 saturated carbocycles. The number of rotatable bonds is 3. The molecule has 0 atom stereocenters. The Kier molecular flexibility index (Phi) is 3.06. The Hall–Kier alpha value is -1.15. The number of hydrogen-bond acceptors (Lipinski definition) is 2. The largest absolute Gasteiger partial charge is 0.390 e. The smallest absolute Gasteiger partial charge is 0.159 e. The molecule has 2 nitrogen and oxygen atoms in total. The molecule has 0 spiro atoms. The molecule has 1 aromatic carbocycles. The van der Waals surface area contributed by atoms with E-state index in [4.69, 9.17) is 0 Å². The highest BCUT2D eigenvalue weighted by molar-refractivity contribution is 5.93. The Morgan fingerprint density at radius 1 is 1.29 bits per heavy atom. The summed E-state index contributed by atoms with van der Waals surface area (Å²) < 4.78 is 0. The predicted molar refractivity (Wildman–Crippen MR) is 56.4 cm³/mol. The summed E-state index contributed by atoms with van der Waals surface area (Å²) in [5.74, 6) is 0.0693. The maximum atomic E-state index is 11.0. The Labute approximate surface area is 84.6 Å². The summed E-state index contributed by atoms with van der Waals surface area (Å²) in [6, 6.07) is 7.36. The van der Waals surface area contributed by atoms with Crippen LogP contribution >= 0.6 is 0 Å². The maximum absolute atomic E-state index is 11.0. The van der Waals surface area contributed by atoms with Crippen molar-refractivity contribution in [2.75, 3.05) is 0 Å². The van der Waals surface area contributed by atoms with Crippen LogP contribution in [0.3, 0.4) is 0 Å². The number of ketones is 1. The van der Waals surface area contributed by atoms with Crippen LogP contribution in [0.4, 0.5) is 0 Å². The first kappa shape index (κ1) is 10.9. The lowest BCUT2D eigenvalue weighted by atomic mass is 9.97. The van der Waals surface area contributed by atoms with Crippen LogP contribution in [0.1, 0.15) is 36.7 Å². The molecular formula is C12H16O2. The SMILES string of the molecule is CC(=O)c1ccc(CC(C)(C)O)cc1. The third-order valence-electron chi connectivity index (χ3n) is 2.00. The summed E-state index contributed by atoms with van der Waals surface area (Å²) in [6.45, 7) is 5.09. The van der Waals surface area contributed by atoms with Crippen LogP contribution in [0.15, 0.2) is 24.3 Å². The van der Waals surface area contributed by atoms with Crippen LogP contribution in [0.25, 0.3) is 0 Å². The van der Waals surface area contributed by atoms with Crippen molar-refractivity contribution in [1.82, 2.24) is 0 Å². The quantitative estimate of drug-likeness (QED) is 0.745. The van der Waals surface area contributed by atoms with E-state index in [2.05, 4.69) is 0 Å². The van der Waals surface area contributed by atoms with E-state index in [1.165, 1.54) is 0 Å². The fourth-order valence-corrected chi connectivity index (χ4v) is 1.36. The van der Waals surface area contributed by atoms with Crippen molar-refractivity contribution in [2.45, 2.75) is 32.8 Å². The van der Waals surface area contributed by atoms with E-state index in [-0.39, 0.29) is 5.78 Å². The summed E-state index contributed by atoms with van der Waals surface area (Å²) in [6.07, 6.45) is 0.602. The number of aliphatic hydroxyl groups is 1. The molecule has 1 rings (SSSR count). The number of carbonyl (C=O) groups excluding carboxylic acids is 1. The lowest BCUT2D eigenvalue weighted by Gasteiger charge is -2.16. The van der Waals surface area contributed by atoms with Crippen LogP contribution in [0, 0.1) is 0 Å². The monoisotopic (exact) mass is 192 g/mol. The number of Topliss-reactive ketones (excluding diaryl/α,β-unsaturated/α-hetero) is 1. The van der Waals surface area contributed by atoms with Crippen molar-refractivity contribution in [1.29, 1.82) is 0 Å². The van der Waals surface area contributed by atoms with Crippen LogP contribution in [0.5, 0.6) is 0 Å². The molecular weight excluding hydrogens is 176 g/mol. The molecule has 0 saturated heterocycles. The van der Waals surface area contributed by atoms with Gasteiger partial charge in [-0.05, 0) is 26.3 Å². The van der Waals surface area contributed by atoms with E-state index in [1.807, 2.05) is 12.1 Å². The van der Waals surface area contributed by atoms with Crippen molar-refractivity contribution < 1.29 is 9.90 Å². The Bertz CT molecular complexity index is 317. The highest BCUT2D eigenvalue weighted by Crippen LogP contribution is 2.13. The van der Waals surface area contributed by atoms with Gasteiger partial charge in [0.25, 0.3) is 0 Å². The molecule has 0 heterocycles. The summed E-state index contributed by atoms with van der Waals surface area (Å²) in [5, 5.41) is 9.58. The Morgan fingerprint density at radius 3 is 2.14 bits per heavy atom. The van der Waals surface area contributed by atoms with Gasteiger partial charge in [0, 0.05) is 12.0 Å². The summed E-state index contributed by atoms with van der Waals surface area (Å²) in [5.41, 5.74) is 1.06. The molecule has 76 valence electrons. The van der Waals surface area contributed by atoms with Gasteiger partial charge in [0.1, 0.15) is 0 Å². The zero-order chi connectivity index (χ0) is 10.8. The van der Waals surface area contributed by atoms with E-state index in [1.54, 1.807) is 32.9 Å². The zero-order valence-electron chi connectivity index (χ0n) is 8.87. The fourth-order valence-electron chi connectivity index (χ4n) is 1.36. The molecule has 0 aliphatic heterocycles. The van der Waals surface area contributed by atoms with Crippen LogP contribution in [0.2, 0.25) is 0 Å². The van der Waals surface area contributed by atoms with Gasteiger partial charge in [-0.2, -0.15) is 0 Å². The minimum absolute atomic E-state index is 0.0693. The van der Waals surface area contributed by atoms with Gasteiger partial charge in [0.2, 0.25) is 0 Å². The molecule has 0 radical (unpaired) electrons. The van der Waals surface area contributed by atoms with Gasteiger partial charge in [-0.25, -0.2) is 0 Å². The second-order valence-corrected chi connectivity index (χ2v) is 4.24. The highest BCUT2D eigenvalue weighted by atomic mass is 16.3. The molecule has 0 unspecified atom stereocenters. The third kappa shape index (κ3) is 3.30. The maximum Gasteiger partial charge on any atom is 0.159 e. The number of hydrogen-bond donors (Lipinski definition) is 1. The Morgan fingerprint density at radius 2 is 1.79 bits per heavy atom. The van der Waals surface area contributed by atoms with Gasteiger partial charge < -0.3 is 5.11 Å². The lowest BCUT2D eigenvalue weighted by Crippen LogP contribution is -2.21. The zero-order valence-corrected chi connectivity index (χ0v) is 8.87. The molecule has 1 aromatic rings. The molecule has 0 bridgehead atoms. The predicted octanol–water partition coefficient (Wildman–Crippen LogP) is 2.20. The number of carbonyl (C=O) groups is 1.